The van der Waals surface area contributed by atoms with Crippen LogP contribution in [0.1, 0.15) is 13.3 Å². The second kappa shape index (κ2) is 5.23. The smallest absolute Gasteiger partial charge is 0.0987 e. The molecule has 3 nitrogen and oxygen atoms in total. The minimum Gasteiger partial charge on any atom is -0.377 e. The van der Waals surface area contributed by atoms with E-state index < -0.39 is 0 Å². The number of hydrogen-bond acceptors (Lipinski definition) is 3. The van der Waals surface area contributed by atoms with E-state index in [1.54, 1.807) is 7.11 Å². The lowest BCUT2D eigenvalue weighted by molar-refractivity contribution is -0.130. The first-order chi connectivity index (χ1) is 6.33. The highest BCUT2D eigenvalue weighted by atomic mass is 16.5. The number of nitrogens with one attached hydrogen (secondary N) is 1. The molecule has 0 spiro atoms. The van der Waals surface area contributed by atoms with Gasteiger partial charge in [0.05, 0.1) is 18.8 Å². The Morgan fingerprint density at radius 3 is 2.92 bits per heavy atom. The summed E-state index contributed by atoms with van der Waals surface area (Å²) >= 11 is 0. The molecule has 0 radical (unpaired) electrons. The molecule has 0 aromatic heterocycles. The molecular weight excluding hydrogens is 166 g/mol. The first-order valence-electron chi connectivity index (χ1n) is 4.64. The van der Waals surface area contributed by atoms with Crippen LogP contribution in [0.4, 0.5) is 0 Å². The quantitative estimate of drug-likeness (QED) is 0.626. The molecule has 3 unspecified atom stereocenters. The first-order valence-corrected chi connectivity index (χ1v) is 4.64. The van der Waals surface area contributed by atoms with E-state index in [-0.39, 0.29) is 12.2 Å². The topological polar surface area (TPSA) is 30.5 Å². The molecule has 0 amide bonds. The molecule has 0 aliphatic heterocycles. The van der Waals surface area contributed by atoms with E-state index in [9.17, 15) is 0 Å². The SMILES string of the molecule is C#CCNC1CC(OCC)C1OC. The van der Waals surface area contributed by atoms with Gasteiger partial charge in [-0.2, -0.15) is 0 Å². The molecule has 1 saturated carbocycles. The summed E-state index contributed by atoms with van der Waals surface area (Å²) in [6.45, 7) is 3.34. The van der Waals surface area contributed by atoms with E-state index in [4.69, 9.17) is 15.9 Å². The lowest BCUT2D eigenvalue weighted by atomic mass is 9.85. The minimum atomic E-state index is 0.160. The highest BCUT2D eigenvalue weighted by molar-refractivity contribution is 4.99. The van der Waals surface area contributed by atoms with Gasteiger partial charge in [-0.1, -0.05) is 5.92 Å². The summed E-state index contributed by atoms with van der Waals surface area (Å²) in [6, 6.07) is 0.359. The Bertz CT molecular complexity index is 188. The molecule has 1 aliphatic rings. The summed E-state index contributed by atoms with van der Waals surface area (Å²) in [5.74, 6) is 2.55. The molecule has 74 valence electrons. The molecule has 1 fully saturated rings. The second-order valence-corrected chi connectivity index (χ2v) is 3.12. The zero-order valence-corrected chi connectivity index (χ0v) is 8.25. The second-order valence-electron chi connectivity index (χ2n) is 3.12. The molecule has 1 aliphatic carbocycles. The zero-order chi connectivity index (χ0) is 9.68. The van der Waals surface area contributed by atoms with Gasteiger partial charge in [-0.05, 0) is 13.3 Å². The molecule has 0 aromatic rings. The number of ether oxygens (including phenoxy) is 2. The van der Waals surface area contributed by atoms with Gasteiger partial charge in [0.25, 0.3) is 0 Å². The summed E-state index contributed by atoms with van der Waals surface area (Å²) in [5.41, 5.74) is 0. The summed E-state index contributed by atoms with van der Waals surface area (Å²) in [6.07, 6.45) is 6.55. The molecule has 0 saturated heterocycles. The summed E-state index contributed by atoms with van der Waals surface area (Å²) in [7, 11) is 1.71. The zero-order valence-electron chi connectivity index (χ0n) is 8.25. The maximum Gasteiger partial charge on any atom is 0.0987 e. The Morgan fingerprint density at radius 1 is 1.62 bits per heavy atom. The van der Waals surface area contributed by atoms with Crippen LogP contribution in [0, 0.1) is 12.3 Å². The van der Waals surface area contributed by atoms with Gasteiger partial charge in [0, 0.05) is 19.8 Å². The average Bonchev–Trinajstić information content (AvgIpc) is 2.10. The monoisotopic (exact) mass is 183 g/mol. The molecule has 0 bridgehead atoms. The summed E-state index contributed by atoms with van der Waals surface area (Å²) < 4.78 is 10.8. The summed E-state index contributed by atoms with van der Waals surface area (Å²) in [4.78, 5) is 0. The molecule has 3 atom stereocenters. The third kappa shape index (κ3) is 2.44. The van der Waals surface area contributed by atoms with E-state index in [1.807, 2.05) is 6.92 Å². The van der Waals surface area contributed by atoms with Crippen LogP contribution < -0.4 is 5.32 Å². The number of methoxy groups -OCH3 is 1. The van der Waals surface area contributed by atoms with Crippen molar-refractivity contribution in [3.05, 3.63) is 0 Å². The lowest BCUT2D eigenvalue weighted by Gasteiger charge is -2.43. The van der Waals surface area contributed by atoms with E-state index in [0.717, 1.165) is 13.0 Å². The van der Waals surface area contributed by atoms with Crippen molar-refractivity contribution in [2.75, 3.05) is 20.3 Å². The van der Waals surface area contributed by atoms with E-state index in [2.05, 4.69) is 11.2 Å². The van der Waals surface area contributed by atoms with Gasteiger partial charge >= 0.3 is 0 Å². The van der Waals surface area contributed by atoms with Crippen LogP contribution in [0.3, 0.4) is 0 Å². The van der Waals surface area contributed by atoms with Crippen LogP contribution in [-0.4, -0.2) is 38.5 Å². The number of hydrogen-bond donors (Lipinski definition) is 1. The van der Waals surface area contributed by atoms with Crippen molar-refractivity contribution in [2.24, 2.45) is 0 Å². The third-order valence-electron chi connectivity index (χ3n) is 2.37. The van der Waals surface area contributed by atoms with Crippen molar-refractivity contribution < 1.29 is 9.47 Å². The Labute approximate surface area is 79.8 Å². The van der Waals surface area contributed by atoms with Crippen molar-refractivity contribution in [2.45, 2.75) is 31.6 Å². The summed E-state index contributed by atoms with van der Waals surface area (Å²) in [5, 5.41) is 3.22. The van der Waals surface area contributed by atoms with Crippen LogP contribution in [0.25, 0.3) is 0 Å². The molecule has 1 N–H and O–H groups in total. The number of rotatable bonds is 5. The van der Waals surface area contributed by atoms with Crippen molar-refractivity contribution in [3.8, 4) is 12.3 Å². The van der Waals surface area contributed by atoms with E-state index in [1.165, 1.54) is 0 Å². The predicted octanol–water partition coefficient (Wildman–Crippen LogP) is 0.402. The van der Waals surface area contributed by atoms with E-state index >= 15 is 0 Å². The fraction of sp³-hybridized carbons (Fsp3) is 0.800. The van der Waals surface area contributed by atoms with Gasteiger partial charge in [-0.15, -0.1) is 6.42 Å². The van der Waals surface area contributed by atoms with Crippen molar-refractivity contribution in [1.82, 2.24) is 5.32 Å². The average molecular weight is 183 g/mol. The van der Waals surface area contributed by atoms with Crippen LogP contribution in [0.15, 0.2) is 0 Å². The minimum absolute atomic E-state index is 0.160. The first kappa shape index (κ1) is 10.5. The third-order valence-corrected chi connectivity index (χ3v) is 2.37. The van der Waals surface area contributed by atoms with Crippen molar-refractivity contribution in [3.63, 3.8) is 0 Å². The standard InChI is InChI=1S/C10H17NO2/c1-4-6-11-8-7-9(13-5-2)10(8)12-3/h1,8-11H,5-7H2,2-3H3. The highest BCUT2D eigenvalue weighted by Crippen LogP contribution is 2.26. The van der Waals surface area contributed by atoms with Gasteiger partial charge in [0.15, 0.2) is 0 Å². The van der Waals surface area contributed by atoms with Gasteiger partial charge in [0.1, 0.15) is 0 Å². The van der Waals surface area contributed by atoms with Crippen LogP contribution in [0.5, 0.6) is 0 Å². The molecule has 1 rings (SSSR count). The molecule has 3 heteroatoms. The highest BCUT2D eigenvalue weighted by Gasteiger charge is 2.41. The van der Waals surface area contributed by atoms with Gasteiger partial charge < -0.3 is 14.8 Å². The van der Waals surface area contributed by atoms with Crippen molar-refractivity contribution >= 4 is 0 Å². The number of terminal acetylenes is 1. The fourth-order valence-electron chi connectivity index (χ4n) is 1.66. The molecule has 13 heavy (non-hydrogen) atoms. The Balaban J connectivity index is 2.26. The van der Waals surface area contributed by atoms with Gasteiger partial charge in [-0.3, -0.25) is 0 Å². The fourth-order valence-corrected chi connectivity index (χ4v) is 1.66. The Kier molecular flexibility index (Phi) is 4.23. The molecule has 0 aromatic carbocycles. The van der Waals surface area contributed by atoms with Crippen LogP contribution >= 0.6 is 0 Å². The normalized spacial score (nSPS) is 32.2. The van der Waals surface area contributed by atoms with Gasteiger partial charge in [0.2, 0.25) is 0 Å². The maximum atomic E-state index is 5.47. The molecular formula is C10H17NO2. The molecule has 0 heterocycles. The maximum absolute atomic E-state index is 5.47. The largest absolute Gasteiger partial charge is 0.377 e. The van der Waals surface area contributed by atoms with Crippen molar-refractivity contribution in [1.29, 1.82) is 0 Å². The van der Waals surface area contributed by atoms with E-state index in [0.29, 0.717) is 12.6 Å². The van der Waals surface area contributed by atoms with Crippen LogP contribution in [0.2, 0.25) is 0 Å². The Morgan fingerprint density at radius 2 is 2.38 bits per heavy atom. The van der Waals surface area contributed by atoms with Crippen LogP contribution in [-0.2, 0) is 9.47 Å². The Hall–Kier alpha value is -0.560. The van der Waals surface area contributed by atoms with Gasteiger partial charge in [-0.25, -0.2) is 0 Å². The lowest BCUT2D eigenvalue weighted by Crippen LogP contribution is -2.59. The predicted molar refractivity (Wildman–Crippen MR) is 51.5 cm³/mol.